The monoisotopic (exact) mass is 207 g/mol. The zero-order chi connectivity index (χ0) is 11.4. The summed E-state index contributed by atoms with van der Waals surface area (Å²) in [7, 11) is 0. The fraction of sp³-hybridized carbons (Fsp3) is 0.417. The van der Waals surface area contributed by atoms with Crippen molar-refractivity contribution in [2.24, 2.45) is 0 Å². The Morgan fingerprint density at radius 2 is 2.13 bits per heavy atom. The van der Waals surface area contributed by atoms with E-state index in [0.717, 1.165) is 11.3 Å². The predicted molar refractivity (Wildman–Crippen MR) is 60.5 cm³/mol. The first-order chi connectivity index (χ1) is 6.99. The number of amides is 1. The molecule has 0 aliphatic rings. The minimum atomic E-state index is -0.100. The molecule has 0 aliphatic heterocycles. The number of nitrogens with one attached hydrogen (secondary N) is 1. The highest BCUT2D eigenvalue weighted by Gasteiger charge is 2.01. The van der Waals surface area contributed by atoms with Gasteiger partial charge in [-0.2, -0.15) is 0 Å². The molecule has 0 bridgehead atoms. The Hall–Kier alpha value is -1.51. The largest absolute Gasteiger partial charge is 0.462 e. The van der Waals surface area contributed by atoms with Gasteiger partial charge in [-0.05, 0) is 45.4 Å². The number of carbonyl (C=O) groups excluding carboxylic acids is 1. The maximum atomic E-state index is 11.3. The van der Waals surface area contributed by atoms with E-state index in [1.807, 2.05) is 33.8 Å². The van der Waals surface area contributed by atoms with Gasteiger partial charge < -0.3 is 9.73 Å². The van der Waals surface area contributed by atoms with Gasteiger partial charge in [-0.3, -0.25) is 4.79 Å². The van der Waals surface area contributed by atoms with E-state index in [9.17, 15) is 4.79 Å². The Bertz CT molecular complexity index is 355. The summed E-state index contributed by atoms with van der Waals surface area (Å²) in [5.74, 6) is 1.50. The van der Waals surface area contributed by atoms with Crippen molar-refractivity contribution in [2.45, 2.75) is 33.7 Å². The van der Waals surface area contributed by atoms with Crippen LogP contribution in [0, 0.1) is 13.8 Å². The smallest absolute Gasteiger partial charge is 0.244 e. The molecule has 15 heavy (non-hydrogen) atoms. The summed E-state index contributed by atoms with van der Waals surface area (Å²) in [6.45, 7) is 7.73. The quantitative estimate of drug-likeness (QED) is 0.773. The van der Waals surface area contributed by atoms with Crippen LogP contribution in [0.2, 0.25) is 0 Å². The first-order valence-corrected chi connectivity index (χ1v) is 5.04. The van der Waals surface area contributed by atoms with Gasteiger partial charge in [0.2, 0.25) is 5.91 Å². The average Bonchev–Trinajstić information content (AvgIpc) is 2.42. The van der Waals surface area contributed by atoms with Gasteiger partial charge in [0.05, 0.1) is 0 Å². The van der Waals surface area contributed by atoms with Crippen LogP contribution < -0.4 is 5.32 Å². The molecule has 0 unspecified atom stereocenters. The summed E-state index contributed by atoms with van der Waals surface area (Å²) in [6.07, 6.45) is 3.16. The van der Waals surface area contributed by atoms with E-state index in [1.165, 1.54) is 6.08 Å². The third-order valence-electron chi connectivity index (χ3n) is 2.01. The molecule has 3 heteroatoms. The van der Waals surface area contributed by atoms with Crippen LogP contribution in [-0.4, -0.2) is 11.9 Å². The Kier molecular flexibility index (Phi) is 3.72. The van der Waals surface area contributed by atoms with E-state index in [1.54, 1.807) is 6.08 Å². The number of hydrogen-bond acceptors (Lipinski definition) is 2. The highest BCUT2D eigenvalue weighted by Crippen LogP contribution is 2.14. The van der Waals surface area contributed by atoms with Crippen molar-refractivity contribution in [3.63, 3.8) is 0 Å². The number of hydrogen-bond donors (Lipinski definition) is 1. The Morgan fingerprint density at radius 1 is 1.47 bits per heavy atom. The topological polar surface area (TPSA) is 42.2 Å². The molecule has 3 nitrogen and oxygen atoms in total. The van der Waals surface area contributed by atoms with Gasteiger partial charge in [0, 0.05) is 12.1 Å². The lowest BCUT2D eigenvalue weighted by Crippen LogP contribution is -2.28. The summed E-state index contributed by atoms with van der Waals surface area (Å²) < 4.78 is 5.40. The molecule has 0 aliphatic carbocycles. The SMILES string of the molecule is Cc1cc(C=CC(=O)NC(C)C)oc1C. The Balaban J connectivity index is 2.61. The van der Waals surface area contributed by atoms with Crippen LogP contribution in [0.1, 0.15) is 30.9 Å². The first-order valence-electron chi connectivity index (χ1n) is 5.04. The molecule has 0 saturated carbocycles. The minimum absolute atomic E-state index is 0.100. The van der Waals surface area contributed by atoms with Crippen LogP contribution in [0.25, 0.3) is 6.08 Å². The molecule has 0 fully saturated rings. The van der Waals surface area contributed by atoms with Gasteiger partial charge in [0.25, 0.3) is 0 Å². The molecule has 1 aromatic rings. The second-order valence-corrected chi connectivity index (χ2v) is 3.88. The van der Waals surface area contributed by atoms with E-state index < -0.39 is 0 Å². The maximum absolute atomic E-state index is 11.3. The van der Waals surface area contributed by atoms with Crippen molar-refractivity contribution >= 4 is 12.0 Å². The second kappa shape index (κ2) is 4.82. The van der Waals surface area contributed by atoms with Gasteiger partial charge in [-0.1, -0.05) is 0 Å². The molecule has 0 saturated heterocycles. The van der Waals surface area contributed by atoms with Crippen molar-refractivity contribution in [1.29, 1.82) is 0 Å². The van der Waals surface area contributed by atoms with Crippen LogP contribution in [0.15, 0.2) is 16.6 Å². The van der Waals surface area contributed by atoms with Gasteiger partial charge in [0.15, 0.2) is 0 Å². The third kappa shape index (κ3) is 3.62. The normalized spacial score (nSPS) is 11.3. The van der Waals surface area contributed by atoms with E-state index >= 15 is 0 Å². The van der Waals surface area contributed by atoms with E-state index in [4.69, 9.17) is 4.42 Å². The molecule has 1 amide bonds. The van der Waals surface area contributed by atoms with Crippen molar-refractivity contribution in [1.82, 2.24) is 5.32 Å². The van der Waals surface area contributed by atoms with Gasteiger partial charge >= 0.3 is 0 Å². The van der Waals surface area contributed by atoms with Crippen LogP contribution in [-0.2, 0) is 4.79 Å². The Morgan fingerprint density at radius 3 is 2.60 bits per heavy atom. The van der Waals surface area contributed by atoms with Crippen LogP contribution >= 0.6 is 0 Å². The molecule has 82 valence electrons. The number of carbonyl (C=O) groups is 1. The number of furan rings is 1. The van der Waals surface area contributed by atoms with E-state index in [-0.39, 0.29) is 11.9 Å². The fourth-order valence-corrected chi connectivity index (χ4v) is 1.17. The zero-order valence-corrected chi connectivity index (χ0v) is 9.63. The van der Waals surface area contributed by atoms with Gasteiger partial charge in [-0.15, -0.1) is 0 Å². The highest BCUT2D eigenvalue weighted by molar-refractivity contribution is 5.91. The lowest BCUT2D eigenvalue weighted by molar-refractivity contribution is -0.116. The van der Waals surface area contributed by atoms with E-state index in [2.05, 4.69) is 5.32 Å². The molecule has 0 spiro atoms. The van der Waals surface area contributed by atoms with Crippen molar-refractivity contribution in [3.8, 4) is 0 Å². The second-order valence-electron chi connectivity index (χ2n) is 3.88. The first kappa shape index (κ1) is 11.6. The summed E-state index contributed by atoms with van der Waals surface area (Å²) in [6, 6.07) is 2.07. The average molecular weight is 207 g/mol. The highest BCUT2D eigenvalue weighted by atomic mass is 16.3. The van der Waals surface area contributed by atoms with Gasteiger partial charge in [-0.25, -0.2) is 0 Å². The molecule has 1 rings (SSSR count). The molecule has 0 aromatic carbocycles. The molecule has 1 N–H and O–H groups in total. The van der Waals surface area contributed by atoms with Crippen molar-refractivity contribution < 1.29 is 9.21 Å². The van der Waals surface area contributed by atoms with Crippen molar-refractivity contribution in [3.05, 3.63) is 29.2 Å². The number of rotatable bonds is 3. The standard InChI is InChI=1S/C12H17NO2/c1-8(2)13-12(14)6-5-11-7-9(3)10(4)15-11/h5-8H,1-4H3,(H,13,14). The molecule has 1 heterocycles. The summed E-state index contributed by atoms with van der Waals surface area (Å²) >= 11 is 0. The third-order valence-corrected chi connectivity index (χ3v) is 2.01. The van der Waals surface area contributed by atoms with E-state index in [0.29, 0.717) is 5.76 Å². The molecular formula is C12H17NO2. The number of aryl methyl sites for hydroxylation is 2. The molecular weight excluding hydrogens is 190 g/mol. The van der Waals surface area contributed by atoms with Crippen LogP contribution in [0.4, 0.5) is 0 Å². The fourth-order valence-electron chi connectivity index (χ4n) is 1.17. The van der Waals surface area contributed by atoms with Crippen LogP contribution in [0.3, 0.4) is 0 Å². The predicted octanol–water partition coefficient (Wildman–Crippen LogP) is 2.43. The minimum Gasteiger partial charge on any atom is -0.462 e. The van der Waals surface area contributed by atoms with Gasteiger partial charge in [0.1, 0.15) is 11.5 Å². The summed E-state index contributed by atoms with van der Waals surface area (Å²) in [5.41, 5.74) is 1.10. The Labute approximate surface area is 90.2 Å². The summed E-state index contributed by atoms with van der Waals surface area (Å²) in [4.78, 5) is 11.3. The maximum Gasteiger partial charge on any atom is 0.244 e. The summed E-state index contributed by atoms with van der Waals surface area (Å²) in [5, 5.41) is 2.77. The lowest BCUT2D eigenvalue weighted by Gasteiger charge is -2.03. The van der Waals surface area contributed by atoms with Crippen molar-refractivity contribution in [2.75, 3.05) is 0 Å². The molecule has 1 aromatic heterocycles. The zero-order valence-electron chi connectivity index (χ0n) is 9.63. The van der Waals surface area contributed by atoms with Crippen LogP contribution in [0.5, 0.6) is 0 Å². The molecule has 0 atom stereocenters. The molecule has 0 radical (unpaired) electrons. The lowest BCUT2D eigenvalue weighted by atomic mass is 10.3.